The van der Waals surface area contributed by atoms with Crippen molar-refractivity contribution in [2.75, 3.05) is 0 Å². The van der Waals surface area contributed by atoms with Crippen LogP contribution in [-0.2, 0) is 9.84 Å². The molecule has 15 heavy (non-hydrogen) atoms. The highest BCUT2D eigenvalue weighted by Crippen LogP contribution is 2.44. The van der Waals surface area contributed by atoms with Crippen molar-refractivity contribution in [3.8, 4) is 0 Å². The van der Waals surface area contributed by atoms with Gasteiger partial charge in [-0.25, -0.2) is 8.42 Å². The van der Waals surface area contributed by atoms with Crippen LogP contribution in [0.5, 0.6) is 0 Å². The number of rotatable bonds is 0. The molecule has 0 saturated heterocycles. The van der Waals surface area contributed by atoms with Gasteiger partial charge in [-0.15, -0.1) is 0 Å². The minimum absolute atomic E-state index is 0.0941. The Morgan fingerprint density at radius 3 is 2.33 bits per heavy atom. The van der Waals surface area contributed by atoms with E-state index in [-0.39, 0.29) is 9.92 Å². The number of benzene rings is 1. The highest BCUT2D eigenvalue weighted by molar-refractivity contribution is 7.92. The van der Waals surface area contributed by atoms with Gasteiger partial charge in [0.15, 0.2) is 9.84 Å². The molecule has 1 aromatic rings. The zero-order valence-electron chi connectivity index (χ0n) is 7.87. The average Bonchev–Trinajstić information content (AvgIpc) is 2.34. The molecule has 2 atom stereocenters. The Morgan fingerprint density at radius 1 is 1.27 bits per heavy atom. The molecule has 6 heteroatoms. The molecule has 3 nitrogen and oxygen atoms in total. The van der Waals surface area contributed by atoms with E-state index in [4.69, 9.17) is 28.9 Å². The van der Waals surface area contributed by atoms with Gasteiger partial charge in [0.2, 0.25) is 0 Å². The highest BCUT2D eigenvalue weighted by atomic mass is 35.5. The lowest BCUT2D eigenvalue weighted by atomic mass is 10.1. The third-order valence-electron chi connectivity index (χ3n) is 2.71. The topological polar surface area (TPSA) is 60.2 Å². The zero-order valence-corrected chi connectivity index (χ0v) is 10.2. The number of hydrogen-bond donors (Lipinski definition) is 1. The summed E-state index contributed by atoms with van der Waals surface area (Å²) in [6.07, 6.45) is 0. The fourth-order valence-corrected chi connectivity index (χ4v) is 4.38. The van der Waals surface area contributed by atoms with E-state index in [2.05, 4.69) is 0 Å². The molecule has 0 aliphatic carbocycles. The van der Waals surface area contributed by atoms with Crippen molar-refractivity contribution in [3.05, 3.63) is 27.7 Å². The van der Waals surface area contributed by atoms with E-state index in [0.29, 0.717) is 10.6 Å². The molecular weight excluding hydrogens is 257 g/mol. The lowest BCUT2D eigenvalue weighted by Crippen LogP contribution is -2.23. The number of fused-ring (bicyclic) bond motifs is 1. The van der Waals surface area contributed by atoms with Crippen LogP contribution in [0.3, 0.4) is 0 Å². The Morgan fingerprint density at radius 2 is 1.80 bits per heavy atom. The minimum Gasteiger partial charge on any atom is -0.323 e. The molecule has 2 rings (SSSR count). The van der Waals surface area contributed by atoms with Gasteiger partial charge in [0.05, 0.1) is 15.2 Å². The van der Waals surface area contributed by atoms with Crippen LogP contribution in [0.1, 0.15) is 18.5 Å². The number of hydrogen-bond acceptors (Lipinski definition) is 3. The van der Waals surface area contributed by atoms with Gasteiger partial charge in [-0.05, 0) is 19.1 Å². The first-order valence-electron chi connectivity index (χ1n) is 4.34. The molecule has 0 fully saturated rings. The van der Waals surface area contributed by atoms with E-state index in [1.54, 1.807) is 13.0 Å². The molecule has 0 bridgehead atoms. The molecule has 0 amide bonds. The normalized spacial score (nSPS) is 27.7. The van der Waals surface area contributed by atoms with Crippen LogP contribution in [0.25, 0.3) is 0 Å². The van der Waals surface area contributed by atoms with Crippen molar-refractivity contribution >= 4 is 33.0 Å². The summed E-state index contributed by atoms with van der Waals surface area (Å²) in [6, 6.07) is 2.44. The molecule has 0 saturated carbocycles. The van der Waals surface area contributed by atoms with E-state index in [1.165, 1.54) is 6.07 Å². The molecule has 1 aliphatic rings. The van der Waals surface area contributed by atoms with E-state index in [1.807, 2.05) is 0 Å². The van der Waals surface area contributed by atoms with Crippen LogP contribution in [0.15, 0.2) is 17.0 Å². The Balaban J connectivity index is 2.89. The Hall–Kier alpha value is -0.290. The lowest BCUT2D eigenvalue weighted by molar-refractivity contribution is 0.581. The summed E-state index contributed by atoms with van der Waals surface area (Å²) in [5, 5.41) is -0.131. The largest absolute Gasteiger partial charge is 0.323 e. The van der Waals surface area contributed by atoms with Gasteiger partial charge >= 0.3 is 0 Å². The average molecular weight is 266 g/mol. The van der Waals surface area contributed by atoms with Crippen LogP contribution in [0.2, 0.25) is 10.0 Å². The maximum atomic E-state index is 11.9. The van der Waals surface area contributed by atoms with Crippen molar-refractivity contribution in [1.29, 1.82) is 0 Å². The van der Waals surface area contributed by atoms with E-state index < -0.39 is 21.1 Å². The molecule has 2 unspecified atom stereocenters. The van der Waals surface area contributed by atoms with Crippen LogP contribution in [0, 0.1) is 0 Å². The summed E-state index contributed by atoms with van der Waals surface area (Å²) >= 11 is 11.8. The molecule has 82 valence electrons. The van der Waals surface area contributed by atoms with Crippen molar-refractivity contribution < 1.29 is 8.42 Å². The Bertz CT molecular complexity index is 527. The maximum absolute atomic E-state index is 11.9. The zero-order chi connectivity index (χ0) is 11.4. The molecule has 1 aromatic carbocycles. The van der Waals surface area contributed by atoms with Crippen molar-refractivity contribution in [2.24, 2.45) is 5.73 Å². The molecule has 0 aromatic heterocycles. The van der Waals surface area contributed by atoms with Crippen LogP contribution < -0.4 is 5.73 Å². The minimum atomic E-state index is -3.43. The Kier molecular flexibility index (Phi) is 2.50. The maximum Gasteiger partial charge on any atom is 0.184 e. The molecule has 2 N–H and O–H groups in total. The van der Waals surface area contributed by atoms with Gasteiger partial charge < -0.3 is 5.73 Å². The van der Waals surface area contributed by atoms with E-state index in [0.717, 1.165) is 0 Å². The van der Waals surface area contributed by atoms with Gasteiger partial charge in [-0.1, -0.05) is 23.2 Å². The first-order valence-corrected chi connectivity index (χ1v) is 6.65. The predicted octanol–water partition coefficient (Wildman–Crippen LogP) is 2.17. The molecule has 0 radical (unpaired) electrons. The second-order valence-electron chi connectivity index (χ2n) is 3.55. The van der Waals surface area contributed by atoms with Crippen molar-refractivity contribution in [3.63, 3.8) is 0 Å². The van der Waals surface area contributed by atoms with Crippen molar-refractivity contribution in [1.82, 2.24) is 0 Å². The van der Waals surface area contributed by atoms with E-state index >= 15 is 0 Å². The second kappa shape index (κ2) is 3.35. The molecular formula is C9H9Cl2NO2S. The molecule has 0 spiro atoms. The molecule has 1 aliphatic heterocycles. The summed E-state index contributed by atoms with van der Waals surface area (Å²) in [7, 11) is -3.43. The lowest BCUT2D eigenvalue weighted by Gasteiger charge is -2.08. The smallest absolute Gasteiger partial charge is 0.184 e. The quantitative estimate of drug-likeness (QED) is 0.782. The third kappa shape index (κ3) is 1.40. The number of halogens is 2. The summed E-state index contributed by atoms with van der Waals surface area (Å²) in [5.41, 5.74) is 6.25. The van der Waals surface area contributed by atoms with Gasteiger partial charge in [0.25, 0.3) is 0 Å². The fraction of sp³-hybridized carbons (Fsp3) is 0.333. The second-order valence-corrected chi connectivity index (χ2v) is 6.60. The first kappa shape index (κ1) is 11.2. The van der Waals surface area contributed by atoms with Crippen LogP contribution >= 0.6 is 23.2 Å². The predicted molar refractivity (Wildman–Crippen MR) is 60.0 cm³/mol. The van der Waals surface area contributed by atoms with Crippen LogP contribution in [0.4, 0.5) is 0 Å². The summed E-state index contributed by atoms with van der Waals surface area (Å²) in [4.78, 5) is 0.0941. The fourth-order valence-electron chi connectivity index (χ4n) is 1.76. The number of sulfone groups is 1. The van der Waals surface area contributed by atoms with Gasteiger partial charge in [0, 0.05) is 16.6 Å². The standard InChI is InChI=1S/C9H9Cl2NO2S/c1-4-8(12)7-5(10)2-3-6(11)9(7)15(4,13)14/h2-4,8H,12H2,1H3. The van der Waals surface area contributed by atoms with Crippen molar-refractivity contribution in [2.45, 2.75) is 23.1 Å². The first-order chi connectivity index (χ1) is 6.87. The summed E-state index contributed by atoms with van der Waals surface area (Å²) < 4.78 is 23.9. The number of nitrogens with two attached hydrogens (primary N) is 1. The monoisotopic (exact) mass is 265 g/mol. The van der Waals surface area contributed by atoms with Gasteiger partial charge in [0.1, 0.15) is 0 Å². The van der Waals surface area contributed by atoms with Gasteiger partial charge in [-0.2, -0.15) is 0 Å². The van der Waals surface area contributed by atoms with Crippen LogP contribution in [-0.4, -0.2) is 13.7 Å². The van der Waals surface area contributed by atoms with E-state index in [9.17, 15) is 8.42 Å². The SMILES string of the molecule is CC1C(N)c2c(Cl)ccc(Cl)c2S1(=O)=O. The van der Waals surface area contributed by atoms with Gasteiger partial charge in [-0.3, -0.25) is 0 Å². The summed E-state index contributed by atoms with van der Waals surface area (Å²) in [5.74, 6) is 0. The highest BCUT2D eigenvalue weighted by Gasteiger charge is 2.43. The summed E-state index contributed by atoms with van der Waals surface area (Å²) in [6.45, 7) is 1.56. The Labute approximate surface area is 98.1 Å². The third-order valence-corrected chi connectivity index (χ3v) is 5.75. The molecule has 1 heterocycles.